The zero-order valence-electron chi connectivity index (χ0n) is 6.88. The first-order valence-electron chi connectivity index (χ1n) is 3.30. The molecular formula is C6H15NO2S. The predicted molar refractivity (Wildman–Crippen MR) is 42.3 cm³/mol. The van der Waals surface area contributed by atoms with Crippen molar-refractivity contribution in [2.75, 3.05) is 6.26 Å². The molecule has 0 bridgehead atoms. The molecule has 0 aliphatic carbocycles. The van der Waals surface area contributed by atoms with Crippen LogP contribution in [0.4, 0.5) is 0 Å². The molecular weight excluding hydrogens is 150 g/mol. The average Bonchev–Trinajstić information content (AvgIpc) is 1.60. The number of hydrogen-bond acceptors (Lipinski definition) is 2. The highest BCUT2D eigenvalue weighted by atomic mass is 32.2. The molecule has 0 amide bonds. The summed E-state index contributed by atoms with van der Waals surface area (Å²) in [6, 6.07) is 0.0231. The third-order valence-electron chi connectivity index (χ3n) is 1.40. The van der Waals surface area contributed by atoms with E-state index in [0.717, 1.165) is 0 Å². The van der Waals surface area contributed by atoms with Crippen molar-refractivity contribution < 1.29 is 8.42 Å². The molecule has 0 aromatic heterocycles. The van der Waals surface area contributed by atoms with Crippen LogP contribution in [0.2, 0.25) is 0 Å². The summed E-state index contributed by atoms with van der Waals surface area (Å²) in [6.07, 6.45) is 1.17. The Bertz CT molecular complexity index is 184. The molecule has 0 aliphatic rings. The molecule has 4 heteroatoms. The minimum atomic E-state index is -3.02. The Morgan fingerprint density at radius 3 is 1.70 bits per heavy atom. The van der Waals surface area contributed by atoms with Crippen LogP contribution in [-0.4, -0.2) is 20.7 Å². The van der Waals surface area contributed by atoms with Crippen LogP contribution in [0, 0.1) is 5.92 Å². The van der Waals surface area contributed by atoms with Gasteiger partial charge in [0.05, 0.1) is 6.26 Å². The van der Waals surface area contributed by atoms with Gasteiger partial charge in [0.2, 0.25) is 10.0 Å². The molecule has 0 saturated heterocycles. The molecule has 0 rings (SSSR count). The fourth-order valence-corrected chi connectivity index (χ4v) is 1.42. The second-order valence-corrected chi connectivity index (χ2v) is 4.70. The van der Waals surface area contributed by atoms with E-state index >= 15 is 0 Å². The van der Waals surface area contributed by atoms with Crippen LogP contribution >= 0.6 is 0 Å². The predicted octanol–water partition coefficient (Wildman–Crippen LogP) is 0.580. The number of rotatable bonds is 3. The van der Waals surface area contributed by atoms with Gasteiger partial charge in [0, 0.05) is 6.04 Å². The summed E-state index contributed by atoms with van der Waals surface area (Å²) in [5.41, 5.74) is 0. The highest BCUT2D eigenvalue weighted by Crippen LogP contribution is 2.00. The Morgan fingerprint density at radius 1 is 1.20 bits per heavy atom. The molecule has 0 fully saturated rings. The van der Waals surface area contributed by atoms with Gasteiger partial charge in [0.15, 0.2) is 0 Å². The van der Waals surface area contributed by atoms with Crippen LogP contribution in [0.15, 0.2) is 0 Å². The standard InChI is InChI=1S/C6H15NO2S/c1-5(2)6(3)7-10(4,8)9/h5-7H,1-4H3. The second-order valence-electron chi connectivity index (χ2n) is 2.92. The highest BCUT2D eigenvalue weighted by Gasteiger charge is 2.10. The summed E-state index contributed by atoms with van der Waals surface area (Å²) in [6.45, 7) is 5.80. The van der Waals surface area contributed by atoms with E-state index in [4.69, 9.17) is 0 Å². The largest absolute Gasteiger partial charge is 0.213 e. The van der Waals surface area contributed by atoms with Crippen molar-refractivity contribution in [3.8, 4) is 0 Å². The summed E-state index contributed by atoms with van der Waals surface area (Å²) in [7, 11) is -3.02. The van der Waals surface area contributed by atoms with E-state index in [1.807, 2.05) is 20.8 Å². The molecule has 0 radical (unpaired) electrons. The molecule has 0 aromatic carbocycles. The van der Waals surface area contributed by atoms with Crippen LogP contribution in [0.5, 0.6) is 0 Å². The number of hydrogen-bond donors (Lipinski definition) is 1. The fourth-order valence-electron chi connectivity index (χ4n) is 0.474. The Labute approximate surface area is 62.9 Å². The van der Waals surface area contributed by atoms with Gasteiger partial charge in [-0.1, -0.05) is 13.8 Å². The summed E-state index contributed by atoms with van der Waals surface area (Å²) >= 11 is 0. The molecule has 62 valence electrons. The number of nitrogens with one attached hydrogen (secondary N) is 1. The minimum Gasteiger partial charge on any atom is -0.213 e. The molecule has 0 spiro atoms. The highest BCUT2D eigenvalue weighted by molar-refractivity contribution is 7.88. The van der Waals surface area contributed by atoms with Crippen molar-refractivity contribution in [2.24, 2.45) is 5.92 Å². The lowest BCUT2D eigenvalue weighted by atomic mass is 10.1. The molecule has 1 atom stereocenters. The van der Waals surface area contributed by atoms with E-state index in [1.54, 1.807) is 0 Å². The monoisotopic (exact) mass is 165 g/mol. The Morgan fingerprint density at radius 2 is 1.60 bits per heavy atom. The molecule has 1 unspecified atom stereocenters. The van der Waals surface area contributed by atoms with Gasteiger partial charge in [-0.25, -0.2) is 13.1 Å². The van der Waals surface area contributed by atoms with Crippen LogP contribution < -0.4 is 4.72 Å². The molecule has 0 aromatic rings. The minimum absolute atomic E-state index is 0.0231. The SMILES string of the molecule is CC(C)C(C)NS(C)(=O)=O. The maximum atomic E-state index is 10.6. The van der Waals surface area contributed by atoms with E-state index in [-0.39, 0.29) is 6.04 Å². The van der Waals surface area contributed by atoms with Crippen LogP contribution in [0.25, 0.3) is 0 Å². The van der Waals surface area contributed by atoms with Crippen LogP contribution in [0.1, 0.15) is 20.8 Å². The van der Waals surface area contributed by atoms with Crippen molar-refractivity contribution in [1.29, 1.82) is 0 Å². The van der Waals surface area contributed by atoms with Crippen molar-refractivity contribution in [3.63, 3.8) is 0 Å². The molecule has 0 saturated carbocycles. The summed E-state index contributed by atoms with van der Waals surface area (Å²) < 4.78 is 23.8. The first-order valence-corrected chi connectivity index (χ1v) is 5.19. The summed E-state index contributed by atoms with van der Waals surface area (Å²) in [5.74, 6) is 0.342. The van der Waals surface area contributed by atoms with Gasteiger partial charge >= 0.3 is 0 Å². The lowest BCUT2D eigenvalue weighted by Crippen LogP contribution is -2.35. The van der Waals surface area contributed by atoms with E-state index < -0.39 is 10.0 Å². The fraction of sp³-hybridized carbons (Fsp3) is 1.00. The quantitative estimate of drug-likeness (QED) is 0.665. The first-order chi connectivity index (χ1) is 4.33. The Hall–Kier alpha value is -0.0900. The molecule has 3 nitrogen and oxygen atoms in total. The third-order valence-corrected chi connectivity index (χ3v) is 2.20. The van der Waals surface area contributed by atoms with Gasteiger partial charge in [-0.3, -0.25) is 0 Å². The van der Waals surface area contributed by atoms with E-state index in [0.29, 0.717) is 5.92 Å². The van der Waals surface area contributed by atoms with Crippen molar-refractivity contribution >= 4 is 10.0 Å². The maximum absolute atomic E-state index is 10.6. The van der Waals surface area contributed by atoms with E-state index in [2.05, 4.69) is 4.72 Å². The normalized spacial score (nSPS) is 15.7. The summed E-state index contributed by atoms with van der Waals surface area (Å²) in [4.78, 5) is 0. The van der Waals surface area contributed by atoms with Crippen molar-refractivity contribution in [2.45, 2.75) is 26.8 Å². The Balaban J connectivity index is 3.93. The van der Waals surface area contributed by atoms with E-state index in [1.165, 1.54) is 6.26 Å². The molecule has 10 heavy (non-hydrogen) atoms. The van der Waals surface area contributed by atoms with Gasteiger partial charge < -0.3 is 0 Å². The number of sulfonamides is 1. The topological polar surface area (TPSA) is 46.2 Å². The van der Waals surface area contributed by atoms with Crippen molar-refractivity contribution in [3.05, 3.63) is 0 Å². The van der Waals surface area contributed by atoms with Gasteiger partial charge in [-0.15, -0.1) is 0 Å². The zero-order chi connectivity index (χ0) is 8.36. The van der Waals surface area contributed by atoms with Gasteiger partial charge in [-0.05, 0) is 12.8 Å². The smallest absolute Gasteiger partial charge is 0.208 e. The lowest BCUT2D eigenvalue weighted by Gasteiger charge is -2.15. The first kappa shape index (κ1) is 9.91. The summed E-state index contributed by atoms with van der Waals surface area (Å²) in [5, 5.41) is 0. The van der Waals surface area contributed by atoms with Gasteiger partial charge in [-0.2, -0.15) is 0 Å². The molecule has 0 aliphatic heterocycles. The van der Waals surface area contributed by atoms with Crippen LogP contribution in [-0.2, 0) is 10.0 Å². The van der Waals surface area contributed by atoms with Gasteiger partial charge in [0.1, 0.15) is 0 Å². The van der Waals surface area contributed by atoms with Crippen molar-refractivity contribution in [1.82, 2.24) is 4.72 Å². The van der Waals surface area contributed by atoms with E-state index in [9.17, 15) is 8.42 Å². The maximum Gasteiger partial charge on any atom is 0.208 e. The zero-order valence-corrected chi connectivity index (χ0v) is 7.70. The molecule has 1 N–H and O–H groups in total. The second kappa shape index (κ2) is 3.34. The van der Waals surface area contributed by atoms with Gasteiger partial charge in [0.25, 0.3) is 0 Å². The third kappa shape index (κ3) is 4.76. The average molecular weight is 165 g/mol. The van der Waals surface area contributed by atoms with Crippen LogP contribution in [0.3, 0.4) is 0 Å². The Kier molecular flexibility index (Phi) is 3.31. The molecule has 0 heterocycles. The lowest BCUT2D eigenvalue weighted by molar-refractivity contribution is 0.479.